The summed E-state index contributed by atoms with van der Waals surface area (Å²) in [5, 5.41) is 5.56. The molecule has 0 unspecified atom stereocenters. The van der Waals surface area contributed by atoms with Gasteiger partial charge in [-0.15, -0.1) is 0 Å². The van der Waals surface area contributed by atoms with E-state index in [1.807, 2.05) is 67.1 Å². The smallest absolute Gasteiger partial charge is 0.308 e. The number of nitrogens with zero attached hydrogens (tertiary/aromatic N) is 2. The Morgan fingerprint density at radius 2 is 1.86 bits per heavy atom. The summed E-state index contributed by atoms with van der Waals surface area (Å²) in [5.41, 5.74) is 4.89. The van der Waals surface area contributed by atoms with Gasteiger partial charge in [0.1, 0.15) is 17.5 Å². The minimum atomic E-state index is -0.180. The summed E-state index contributed by atoms with van der Waals surface area (Å²) in [7, 11) is 1.65. The molecule has 0 spiro atoms. The highest BCUT2D eigenvalue weighted by atomic mass is 35.5. The molecule has 1 aliphatic carbocycles. The maximum atomic E-state index is 12.1. The predicted octanol–water partition coefficient (Wildman–Crippen LogP) is 4.87. The van der Waals surface area contributed by atoms with Gasteiger partial charge in [0, 0.05) is 29.0 Å². The number of halogens is 1. The first-order valence-corrected chi connectivity index (χ1v) is 10.1. The highest BCUT2D eigenvalue weighted by Crippen LogP contribution is 2.37. The van der Waals surface area contributed by atoms with Crippen molar-refractivity contribution < 1.29 is 14.3 Å². The van der Waals surface area contributed by atoms with Gasteiger partial charge in [-0.3, -0.25) is 4.79 Å². The number of aromatic nitrogens is 2. The second kappa shape index (κ2) is 7.91. The van der Waals surface area contributed by atoms with Crippen molar-refractivity contribution in [3.8, 4) is 22.7 Å². The van der Waals surface area contributed by atoms with E-state index in [0.717, 1.165) is 34.0 Å². The van der Waals surface area contributed by atoms with E-state index in [0.29, 0.717) is 17.9 Å². The Morgan fingerprint density at radius 1 is 1.14 bits per heavy atom. The minimum Gasteiger partial charge on any atom is -0.494 e. The number of para-hydroxylation sites is 2. The Hall–Kier alpha value is -2.79. The molecule has 0 saturated carbocycles. The van der Waals surface area contributed by atoms with E-state index in [2.05, 4.69) is 0 Å². The molecule has 1 atom stereocenters. The minimum absolute atomic E-state index is 0.146. The molecule has 0 saturated heterocycles. The Kier molecular flexibility index (Phi) is 5.33. The van der Waals surface area contributed by atoms with Gasteiger partial charge in [-0.1, -0.05) is 49.7 Å². The van der Waals surface area contributed by atoms with Crippen LogP contribution in [0, 0.1) is 5.92 Å². The van der Waals surface area contributed by atoms with E-state index >= 15 is 0 Å². The molecule has 0 amide bonds. The zero-order valence-corrected chi connectivity index (χ0v) is 17.4. The largest absolute Gasteiger partial charge is 0.494 e. The average molecular weight is 411 g/mol. The van der Waals surface area contributed by atoms with E-state index in [4.69, 9.17) is 26.2 Å². The van der Waals surface area contributed by atoms with Crippen molar-refractivity contribution in [3.05, 3.63) is 64.8 Å². The molecule has 1 heterocycles. The monoisotopic (exact) mass is 410 g/mol. The van der Waals surface area contributed by atoms with Crippen LogP contribution in [0.3, 0.4) is 0 Å². The molecule has 0 bridgehead atoms. The molecule has 150 valence electrons. The van der Waals surface area contributed by atoms with Crippen LogP contribution >= 0.6 is 11.6 Å². The molecule has 0 fully saturated rings. The van der Waals surface area contributed by atoms with Crippen molar-refractivity contribution in [2.24, 2.45) is 5.92 Å². The Morgan fingerprint density at radius 3 is 2.55 bits per heavy atom. The van der Waals surface area contributed by atoms with Gasteiger partial charge in [-0.25, -0.2) is 4.68 Å². The van der Waals surface area contributed by atoms with E-state index in [-0.39, 0.29) is 18.0 Å². The molecule has 0 radical (unpaired) electrons. The Labute approximate surface area is 175 Å². The van der Waals surface area contributed by atoms with Gasteiger partial charge >= 0.3 is 5.97 Å². The van der Waals surface area contributed by atoms with Crippen LogP contribution in [0.15, 0.2) is 48.5 Å². The number of hydrogen-bond acceptors (Lipinski definition) is 4. The molecule has 5 nitrogen and oxygen atoms in total. The first-order chi connectivity index (χ1) is 14.0. The van der Waals surface area contributed by atoms with Crippen molar-refractivity contribution in [1.29, 1.82) is 0 Å². The lowest BCUT2D eigenvalue weighted by Gasteiger charge is -2.16. The van der Waals surface area contributed by atoms with Gasteiger partial charge in [0.15, 0.2) is 0 Å². The summed E-state index contributed by atoms with van der Waals surface area (Å²) >= 11 is 6.10. The van der Waals surface area contributed by atoms with Crippen LogP contribution in [0.5, 0.6) is 5.75 Å². The maximum Gasteiger partial charge on any atom is 0.308 e. The van der Waals surface area contributed by atoms with Crippen LogP contribution in [0.4, 0.5) is 0 Å². The van der Waals surface area contributed by atoms with Crippen molar-refractivity contribution in [1.82, 2.24) is 9.78 Å². The van der Waals surface area contributed by atoms with Gasteiger partial charge < -0.3 is 9.47 Å². The van der Waals surface area contributed by atoms with Gasteiger partial charge in [0.25, 0.3) is 0 Å². The van der Waals surface area contributed by atoms with Crippen molar-refractivity contribution in [2.75, 3.05) is 7.11 Å². The third kappa shape index (κ3) is 3.75. The molecule has 29 heavy (non-hydrogen) atoms. The highest BCUT2D eigenvalue weighted by molar-refractivity contribution is 6.30. The van der Waals surface area contributed by atoms with Crippen LogP contribution in [0.25, 0.3) is 16.9 Å². The summed E-state index contributed by atoms with van der Waals surface area (Å²) in [4.78, 5) is 12.1. The lowest BCUT2D eigenvalue weighted by atomic mass is 10.1. The number of esters is 1. The zero-order valence-electron chi connectivity index (χ0n) is 16.7. The zero-order chi connectivity index (χ0) is 20.5. The third-order valence-corrected chi connectivity index (χ3v) is 5.36. The lowest BCUT2D eigenvalue weighted by molar-refractivity contribution is -0.152. The number of rotatable bonds is 5. The van der Waals surface area contributed by atoms with E-state index in [1.165, 1.54) is 0 Å². The fraction of sp³-hybridized carbons (Fsp3) is 0.304. The highest BCUT2D eigenvalue weighted by Gasteiger charge is 2.33. The first kappa shape index (κ1) is 19.5. The topological polar surface area (TPSA) is 53.4 Å². The van der Waals surface area contributed by atoms with Crippen LogP contribution in [0.2, 0.25) is 5.02 Å². The summed E-state index contributed by atoms with van der Waals surface area (Å²) in [6, 6.07) is 15.5. The van der Waals surface area contributed by atoms with E-state index in [1.54, 1.807) is 7.11 Å². The number of carbonyl (C=O) groups is 1. The maximum absolute atomic E-state index is 12.1. The average Bonchev–Trinajstić information content (AvgIpc) is 3.25. The second-order valence-corrected chi connectivity index (χ2v) is 7.92. The number of methoxy groups -OCH3 is 1. The molecule has 3 aromatic rings. The number of hydrogen-bond donors (Lipinski definition) is 0. The summed E-state index contributed by atoms with van der Waals surface area (Å²) < 4.78 is 13.2. The molecule has 1 aliphatic rings. The van der Waals surface area contributed by atoms with Gasteiger partial charge in [-0.2, -0.15) is 5.10 Å². The quantitative estimate of drug-likeness (QED) is 0.563. The normalized spacial score (nSPS) is 15.4. The molecular formula is C23H23ClN2O3. The van der Waals surface area contributed by atoms with E-state index < -0.39 is 0 Å². The van der Waals surface area contributed by atoms with Gasteiger partial charge in [0.05, 0.1) is 24.4 Å². The van der Waals surface area contributed by atoms with Crippen LogP contribution in [0.1, 0.15) is 25.1 Å². The first-order valence-electron chi connectivity index (χ1n) is 9.68. The number of carbonyl (C=O) groups excluding carboxylic acids is 1. The third-order valence-electron chi connectivity index (χ3n) is 5.10. The Bertz CT molecular complexity index is 1040. The Balaban J connectivity index is 1.79. The van der Waals surface area contributed by atoms with E-state index in [9.17, 15) is 4.79 Å². The molecule has 2 aromatic carbocycles. The van der Waals surface area contributed by atoms with Gasteiger partial charge in [0.2, 0.25) is 0 Å². The standard InChI is InChI=1S/C23H23ClN2O3/c1-14(2)23(27)29-17-12-18-19(13-17)25-26(20-6-4-5-7-21(20)28-3)22(18)15-8-10-16(24)11-9-15/h4-11,14,17H,12-13H2,1-3H3/t17-/m0/s1. The van der Waals surface area contributed by atoms with Crippen molar-refractivity contribution in [3.63, 3.8) is 0 Å². The molecule has 6 heteroatoms. The van der Waals surface area contributed by atoms with Gasteiger partial charge in [-0.05, 0) is 24.3 Å². The number of benzene rings is 2. The second-order valence-electron chi connectivity index (χ2n) is 7.49. The summed E-state index contributed by atoms with van der Waals surface area (Å²) in [5.74, 6) is 0.421. The fourth-order valence-electron chi connectivity index (χ4n) is 3.66. The predicted molar refractivity (Wildman–Crippen MR) is 113 cm³/mol. The fourth-order valence-corrected chi connectivity index (χ4v) is 3.78. The SMILES string of the molecule is COc1ccccc1-n1nc2c(c1-c1ccc(Cl)cc1)C[C@H](OC(=O)C(C)C)C2. The van der Waals surface area contributed by atoms with Crippen molar-refractivity contribution in [2.45, 2.75) is 32.8 Å². The van der Waals surface area contributed by atoms with Crippen LogP contribution in [-0.2, 0) is 22.4 Å². The molecule has 4 rings (SSSR count). The molecule has 0 N–H and O–H groups in total. The van der Waals surface area contributed by atoms with Crippen LogP contribution in [-0.4, -0.2) is 29.0 Å². The summed E-state index contributed by atoms with van der Waals surface area (Å²) in [6.45, 7) is 3.69. The van der Waals surface area contributed by atoms with Crippen molar-refractivity contribution >= 4 is 17.6 Å². The summed E-state index contributed by atoms with van der Waals surface area (Å²) in [6.07, 6.45) is 1.07. The van der Waals surface area contributed by atoms with Crippen LogP contribution < -0.4 is 4.74 Å². The molecule has 0 aliphatic heterocycles. The lowest BCUT2D eigenvalue weighted by Crippen LogP contribution is -2.22. The molecule has 1 aromatic heterocycles. The number of fused-ring (bicyclic) bond motifs is 1. The molecular weight excluding hydrogens is 388 g/mol. The number of ether oxygens (including phenoxy) is 2.